The topological polar surface area (TPSA) is 52.6 Å². The van der Waals surface area contributed by atoms with Gasteiger partial charge in [0, 0.05) is 11.1 Å². The Labute approximate surface area is 218 Å². The summed E-state index contributed by atoms with van der Waals surface area (Å²) in [6, 6.07) is 0. The van der Waals surface area contributed by atoms with Crippen molar-refractivity contribution >= 4 is 11.9 Å². The number of hydrogen-bond donors (Lipinski definition) is 0. The van der Waals surface area contributed by atoms with Crippen molar-refractivity contribution in [1.82, 2.24) is 0 Å². The molecule has 0 aromatic rings. The number of ether oxygens (including phenoxy) is 2. The van der Waals surface area contributed by atoms with Crippen molar-refractivity contribution in [2.75, 3.05) is 13.2 Å². The molecule has 6 fully saturated rings. The van der Waals surface area contributed by atoms with E-state index < -0.39 is 0 Å². The predicted molar refractivity (Wildman–Crippen MR) is 142 cm³/mol. The van der Waals surface area contributed by atoms with E-state index in [0.717, 1.165) is 41.4 Å². The molecule has 0 radical (unpaired) electrons. The van der Waals surface area contributed by atoms with E-state index in [1.165, 1.54) is 51.4 Å². The zero-order valence-electron chi connectivity index (χ0n) is 23.3. The Morgan fingerprint density at radius 2 is 1.39 bits per heavy atom. The van der Waals surface area contributed by atoms with Gasteiger partial charge in [-0.3, -0.25) is 0 Å². The number of rotatable bonds is 6. The van der Waals surface area contributed by atoms with Gasteiger partial charge in [-0.1, -0.05) is 33.9 Å². The number of carbonyl (C=O) groups excluding carboxylic acids is 2. The maximum atomic E-state index is 11.5. The molecule has 0 spiro atoms. The van der Waals surface area contributed by atoms with E-state index in [4.69, 9.17) is 9.47 Å². The number of esters is 2. The maximum Gasteiger partial charge on any atom is 0.333 e. The quantitative estimate of drug-likeness (QED) is 0.226. The molecule has 0 saturated heterocycles. The van der Waals surface area contributed by atoms with Crippen LogP contribution in [0, 0.1) is 64.1 Å². The molecule has 6 saturated carbocycles. The molecule has 6 aliphatic rings. The molecule has 10 atom stereocenters. The van der Waals surface area contributed by atoms with E-state index in [1.807, 2.05) is 0 Å². The number of carbonyl (C=O) groups is 2. The average molecular weight is 497 g/mol. The van der Waals surface area contributed by atoms with Crippen LogP contribution in [0.15, 0.2) is 24.3 Å². The molecular weight excluding hydrogens is 448 g/mol. The van der Waals surface area contributed by atoms with Crippen LogP contribution < -0.4 is 0 Å². The second kappa shape index (κ2) is 9.31. The van der Waals surface area contributed by atoms with E-state index in [9.17, 15) is 9.59 Å². The van der Waals surface area contributed by atoms with Gasteiger partial charge in [-0.15, -0.1) is 0 Å². The molecule has 200 valence electrons. The molecule has 4 nitrogen and oxygen atoms in total. The van der Waals surface area contributed by atoms with Gasteiger partial charge in [0.25, 0.3) is 0 Å². The molecule has 0 aromatic carbocycles. The van der Waals surface area contributed by atoms with Gasteiger partial charge in [0.05, 0.1) is 13.2 Å². The van der Waals surface area contributed by atoms with Crippen LogP contribution in [-0.2, 0) is 19.1 Å². The van der Waals surface area contributed by atoms with Crippen molar-refractivity contribution in [2.45, 2.75) is 86.0 Å². The molecule has 0 heterocycles. The summed E-state index contributed by atoms with van der Waals surface area (Å²) in [6.45, 7) is 19.1. The Balaban J connectivity index is 0.000000149. The fourth-order valence-electron chi connectivity index (χ4n) is 10.1. The lowest BCUT2D eigenvalue weighted by atomic mass is 9.67. The largest absolute Gasteiger partial charge is 0.462 e. The molecule has 4 heteroatoms. The van der Waals surface area contributed by atoms with Crippen LogP contribution in [0.4, 0.5) is 0 Å². The third kappa shape index (κ3) is 4.09. The summed E-state index contributed by atoms with van der Waals surface area (Å²) in [4.78, 5) is 23.0. The third-order valence-corrected chi connectivity index (χ3v) is 12.4. The summed E-state index contributed by atoms with van der Waals surface area (Å²) in [7, 11) is 0. The Kier molecular flexibility index (Phi) is 6.74. The Bertz CT molecular complexity index is 932. The van der Waals surface area contributed by atoms with Gasteiger partial charge in [0.2, 0.25) is 0 Å². The summed E-state index contributed by atoms with van der Waals surface area (Å²) in [5, 5.41) is 0. The van der Waals surface area contributed by atoms with Gasteiger partial charge in [-0.25, -0.2) is 9.59 Å². The van der Waals surface area contributed by atoms with Crippen LogP contribution in [0.2, 0.25) is 0 Å². The lowest BCUT2D eigenvalue weighted by molar-refractivity contribution is -0.142. The smallest absolute Gasteiger partial charge is 0.333 e. The van der Waals surface area contributed by atoms with Crippen molar-refractivity contribution in [2.24, 2.45) is 64.1 Å². The average Bonchev–Trinajstić information content (AvgIpc) is 3.65. The summed E-state index contributed by atoms with van der Waals surface area (Å²) >= 11 is 0. The Hall–Kier alpha value is -1.58. The van der Waals surface area contributed by atoms with Crippen molar-refractivity contribution in [3.05, 3.63) is 24.3 Å². The minimum absolute atomic E-state index is 0.202. The van der Waals surface area contributed by atoms with Crippen LogP contribution in [0.3, 0.4) is 0 Å². The van der Waals surface area contributed by atoms with Crippen LogP contribution in [0.5, 0.6) is 0 Å². The first-order chi connectivity index (χ1) is 16.9. The van der Waals surface area contributed by atoms with Gasteiger partial charge in [-0.05, 0) is 129 Å². The van der Waals surface area contributed by atoms with E-state index in [-0.39, 0.29) is 11.9 Å². The molecule has 0 N–H and O–H groups in total. The highest BCUT2D eigenvalue weighted by atomic mass is 16.5. The Morgan fingerprint density at radius 3 is 1.94 bits per heavy atom. The summed E-state index contributed by atoms with van der Waals surface area (Å²) < 4.78 is 10.8. The molecule has 10 unspecified atom stereocenters. The summed E-state index contributed by atoms with van der Waals surface area (Å²) in [5.41, 5.74) is 1.76. The van der Waals surface area contributed by atoms with Gasteiger partial charge in [0.15, 0.2) is 0 Å². The van der Waals surface area contributed by atoms with Gasteiger partial charge >= 0.3 is 11.9 Å². The zero-order chi connectivity index (χ0) is 26.0. The molecule has 6 aliphatic carbocycles. The van der Waals surface area contributed by atoms with Crippen molar-refractivity contribution in [3.8, 4) is 0 Å². The lowest BCUT2D eigenvalue weighted by Gasteiger charge is -2.39. The number of fused-ring (bicyclic) bond motifs is 11. The molecule has 0 aromatic heterocycles. The van der Waals surface area contributed by atoms with Gasteiger partial charge in [-0.2, -0.15) is 0 Å². The van der Waals surface area contributed by atoms with Crippen LogP contribution in [0.1, 0.15) is 86.0 Å². The molecule has 6 bridgehead atoms. The highest BCUT2D eigenvalue weighted by molar-refractivity contribution is 5.87. The second-order valence-corrected chi connectivity index (χ2v) is 14.2. The normalized spacial score (nSPS) is 44.1. The highest BCUT2D eigenvalue weighted by Gasteiger charge is 2.62. The van der Waals surface area contributed by atoms with Crippen LogP contribution >= 0.6 is 0 Å². The first-order valence-corrected chi connectivity index (χ1v) is 14.6. The monoisotopic (exact) mass is 496 g/mol. The minimum Gasteiger partial charge on any atom is -0.462 e. The SMILES string of the molecule is C=C(C)C(=O)OCC1CC2CC1C1C3CCC(C3)C21.C=C(C)C(=O)OCC1CC2CCC1(C)C2(C)C. The highest BCUT2D eigenvalue weighted by Crippen LogP contribution is 2.69. The predicted octanol–water partition coefficient (Wildman–Crippen LogP) is 6.99. The fourth-order valence-corrected chi connectivity index (χ4v) is 10.1. The first-order valence-electron chi connectivity index (χ1n) is 14.6. The van der Waals surface area contributed by atoms with Gasteiger partial charge < -0.3 is 9.47 Å². The minimum atomic E-state index is -0.242. The van der Waals surface area contributed by atoms with Crippen molar-refractivity contribution < 1.29 is 19.1 Å². The second-order valence-electron chi connectivity index (χ2n) is 14.2. The molecular formula is C32H48O4. The molecule has 0 aliphatic heterocycles. The zero-order valence-corrected chi connectivity index (χ0v) is 23.3. The van der Waals surface area contributed by atoms with E-state index in [0.29, 0.717) is 47.0 Å². The summed E-state index contributed by atoms with van der Waals surface area (Å²) in [6.07, 6.45) is 11.1. The first kappa shape index (κ1) is 26.0. The third-order valence-electron chi connectivity index (χ3n) is 12.4. The van der Waals surface area contributed by atoms with Crippen molar-refractivity contribution in [1.29, 1.82) is 0 Å². The Morgan fingerprint density at radius 1 is 0.778 bits per heavy atom. The van der Waals surface area contributed by atoms with E-state index in [2.05, 4.69) is 33.9 Å². The molecule has 0 amide bonds. The lowest BCUT2D eigenvalue weighted by Crippen LogP contribution is -2.34. The van der Waals surface area contributed by atoms with Gasteiger partial charge in [0.1, 0.15) is 0 Å². The summed E-state index contributed by atoms with van der Waals surface area (Å²) in [5.74, 6) is 7.48. The van der Waals surface area contributed by atoms with E-state index >= 15 is 0 Å². The fraction of sp³-hybridized carbons (Fsp3) is 0.812. The van der Waals surface area contributed by atoms with E-state index in [1.54, 1.807) is 13.8 Å². The van der Waals surface area contributed by atoms with Crippen molar-refractivity contribution in [3.63, 3.8) is 0 Å². The molecule has 6 rings (SSSR count). The maximum absolute atomic E-state index is 11.5. The standard InChI is InChI=1S/C17H24O2.C15H24O2/c1-9(2)17(18)19-8-13-6-12-7-14(13)16-11-4-3-10(5-11)15(12)16;1-10(2)13(16)17-9-12-8-11-6-7-15(12,5)14(11,3)4/h10-16H,1,3-8H2,2H3;11-12H,1,6-9H2,2-5H3. The van der Waals surface area contributed by atoms with Crippen LogP contribution in [0.25, 0.3) is 0 Å². The number of hydrogen-bond acceptors (Lipinski definition) is 4. The van der Waals surface area contributed by atoms with Crippen LogP contribution in [-0.4, -0.2) is 25.2 Å². The molecule has 36 heavy (non-hydrogen) atoms.